The SMILES string of the molecule is Cn1cnc(-c2ccc(OC3CCN(C(=O)Cc4ccc(OC(F)(F)F)cc4)CC3F)c(C(N)=O)c2)c1. The number of primary amides is 1. The van der Waals surface area contributed by atoms with Crippen LogP contribution in [0.4, 0.5) is 17.6 Å². The van der Waals surface area contributed by atoms with Crippen molar-refractivity contribution in [3.8, 4) is 22.8 Å². The molecule has 196 valence electrons. The predicted octanol–water partition coefficient (Wildman–Crippen LogP) is 3.65. The Labute approximate surface area is 209 Å². The van der Waals surface area contributed by atoms with Gasteiger partial charge in [-0.2, -0.15) is 0 Å². The summed E-state index contributed by atoms with van der Waals surface area (Å²) in [6, 6.07) is 9.70. The number of benzene rings is 2. The van der Waals surface area contributed by atoms with Gasteiger partial charge in [0.05, 0.1) is 30.6 Å². The molecule has 0 spiro atoms. The van der Waals surface area contributed by atoms with E-state index in [1.807, 2.05) is 7.05 Å². The number of imidazole rings is 1. The van der Waals surface area contributed by atoms with E-state index in [0.717, 1.165) is 12.1 Å². The lowest BCUT2D eigenvalue weighted by atomic mass is 10.0. The van der Waals surface area contributed by atoms with Gasteiger partial charge < -0.3 is 24.7 Å². The van der Waals surface area contributed by atoms with Gasteiger partial charge in [0.1, 0.15) is 17.6 Å². The first-order chi connectivity index (χ1) is 17.5. The maximum atomic E-state index is 15.0. The molecule has 2 aromatic carbocycles. The summed E-state index contributed by atoms with van der Waals surface area (Å²) >= 11 is 0. The van der Waals surface area contributed by atoms with Crippen molar-refractivity contribution in [3.05, 3.63) is 66.1 Å². The number of halogens is 4. The highest BCUT2D eigenvalue weighted by atomic mass is 19.4. The van der Waals surface area contributed by atoms with Gasteiger partial charge >= 0.3 is 6.36 Å². The molecule has 1 fully saturated rings. The monoisotopic (exact) mass is 520 g/mol. The molecule has 4 rings (SSSR count). The topological polar surface area (TPSA) is 99.7 Å². The maximum absolute atomic E-state index is 15.0. The third-order valence-corrected chi connectivity index (χ3v) is 5.87. The summed E-state index contributed by atoms with van der Waals surface area (Å²) in [5, 5.41) is 0. The number of amides is 2. The van der Waals surface area contributed by atoms with Gasteiger partial charge in [0.25, 0.3) is 5.91 Å². The second-order valence-electron chi connectivity index (χ2n) is 8.67. The second kappa shape index (κ2) is 10.5. The molecule has 0 aliphatic carbocycles. The van der Waals surface area contributed by atoms with Gasteiger partial charge in [0.2, 0.25) is 5.91 Å². The highest BCUT2D eigenvalue weighted by molar-refractivity contribution is 5.97. The largest absolute Gasteiger partial charge is 0.573 e. The van der Waals surface area contributed by atoms with E-state index in [9.17, 15) is 22.8 Å². The fraction of sp³-hybridized carbons (Fsp3) is 0.320. The molecule has 0 saturated carbocycles. The molecule has 2 heterocycles. The highest BCUT2D eigenvalue weighted by Crippen LogP contribution is 2.29. The van der Waals surface area contributed by atoms with Crippen LogP contribution in [0.1, 0.15) is 22.3 Å². The standard InChI is InChI=1S/C25H24F4N4O4/c1-32-13-20(31-14-32)16-4-7-21(18(11-16)24(30)35)36-22-8-9-33(12-19(22)26)23(34)10-15-2-5-17(6-3-15)37-25(27,28)29/h2-7,11,13-14,19,22H,8-10,12H2,1H3,(H2,30,35). The number of carbonyl (C=O) groups excluding carboxylic acids is 2. The first kappa shape index (κ1) is 26.0. The molecule has 8 nitrogen and oxygen atoms in total. The molecule has 2 amide bonds. The van der Waals surface area contributed by atoms with Gasteiger partial charge in [0.15, 0.2) is 6.17 Å². The Bertz CT molecular complexity index is 1280. The van der Waals surface area contributed by atoms with Crippen LogP contribution in [0.5, 0.6) is 11.5 Å². The van der Waals surface area contributed by atoms with Crippen molar-refractivity contribution in [2.45, 2.75) is 31.5 Å². The number of aromatic nitrogens is 2. The summed E-state index contributed by atoms with van der Waals surface area (Å²) in [6.07, 6.45) is -3.78. The molecule has 2 N–H and O–H groups in total. The van der Waals surface area contributed by atoms with Crippen LogP contribution in [0, 0.1) is 0 Å². The molecule has 2 unspecified atom stereocenters. The van der Waals surface area contributed by atoms with Crippen molar-refractivity contribution >= 4 is 11.8 Å². The molecular weight excluding hydrogens is 496 g/mol. The smallest absolute Gasteiger partial charge is 0.486 e. The lowest BCUT2D eigenvalue weighted by Crippen LogP contribution is -2.49. The number of hydrogen-bond acceptors (Lipinski definition) is 5. The summed E-state index contributed by atoms with van der Waals surface area (Å²) in [5.74, 6) is -1.36. The van der Waals surface area contributed by atoms with Gasteiger partial charge in [-0.1, -0.05) is 12.1 Å². The number of carbonyl (C=O) groups is 2. The molecule has 1 aliphatic rings. The fourth-order valence-electron chi connectivity index (χ4n) is 4.05. The Hall–Kier alpha value is -4.09. The number of piperidine rings is 1. The van der Waals surface area contributed by atoms with Crippen LogP contribution in [0.2, 0.25) is 0 Å². The molecule has 12 heteroatoms. The van der Waals surface area contributed by atoms with E-state index in [0.29, 0.717) is 16.8 Å². The normalized spacial score (nSPS) is 17.9. The molecular formula is C25H24F4N4O4. The Morgan fingerprint density at radius 2 is 1.89 bits per heavy atom. The number of alkyl halides is 4. The molecule has 0 radical (unpaired) electrons. The number of likely N-dealkylation sites (tertiary alicyclic amines) is 1. The fourth-order valence-corrected chi connectivity index (χ4v) is 4.05. The minimum absolute atomic E-state index is 0.0896. The molecule has 1 aliphatic heterocycles. The van der Waals surface area contributed by atoms with Crippen LogP contribution >= 0.6 is 0 Å². The quantitative estimate of drug-likeness (QED) is 0.480. The van der Waals surface area contributed by atoms with Crippen molar-refractivity contribution in [1.29, 1.82) is 0 Å². The van der Waals surface area contributed by atoms with Gasteiger partial charge in [-0.05, 0) is 35.9 Å². The zero-order valence-corrected chi connectivity index (χ0v) is 19.7. The summed E-state index contributed by atoms with van der Waals surface area (Å²) in [4.78, 5) is 30.3. The van der Waals surface area contributed by atoms with Crippen molar-refractivity contribution < 1.29 is 36.6 Å². The molecule has 0 bridgehead atoms. The zero-order chi connectivity index (χ0) is 26.7. The maximum Gasteiger partial charge on any atom is 0.573 e. The van der Waals surface area contributed by atoms with Gasteiger partial charge in [-0.3, -0.25) is 9.59 Å². The van der Waals surface area contributed by atoms with E-state index in [1.54, 1.807) is 29.2 Å². The number of ether oxygens (including phenoxy) is 2. The summed E-state index contributed by atoms with van der Waals surface area (Å²) in [7, 11) is 1.81. The first-order valence-corrected chi connectivity index (χ1v) is 11.3. The van der Waals surface area contributed by atoms with Crippen LogP contribution < -0.4 is 15.2 Å². The zero-order valence-electron chi connectivity index (χ0n) is 19.7. The third-order valence-electron chi connectivity index (χ3n) is 5.87. The van der Waals surface area contributed by atoms with E-state index in [-0.39, 0.29) is 43.2 Å². The number of nitrogens with zero attached hydrogens (tertiary/aromatic N) is 3. The van der Waals surface area contributed by atoms with E-state index in [4.69, 9.17) is 10.5 Å². The summed E-state index contributed by atoms with van der Waals surface area (Å²) < 4.78 is 63.3. The van der Waals surface area contributed by atoms with E-state index in [2.05, 4.69) is 9.72 Å². The van der Waals surface area contributed by atoms with Crippen LogP contribution in [-0.4, -0.2) is 58.0 Å². The Kier molecular flexibility index (Phi) is 7.37. The lowest BCUT2D eigenvalue weighted by Gasteiger charge is -2.35. The Morgan fingerprint density at radius 1 is 1.16 bits per heavy atom. The first-order valence-electron chi connectivity index (χ1n) is 11.3. The molecule has 1 saturated heterocycles. The van der Waals surface area contributed by atoms with Crippen molar-refractivity contribution in [2.75, 3.05) is 13.1 Å². The summed E-state index contributed by atoms with van der Waals surface area (Å²) in [5.41, 5.74) is 7.36. The highest BCUT2D eigenvalue weighted by Gasteiger charge is 2.34. The average Bonchev–Trinajstić information content (AvgIpc) is 3.27. The Balaban J connectivity index is 1.37. The van der Waals surface area contributed by atoms with Crippen molar-refractivity contribution in [1.82, 2.24) is 14.5 Å². The Morgan fingerprint density at radius 3 is 2.49 bits per heavy atom. The molecule has 1 aromatic heterocycles. The van der Waals surface area contributed by atoms with E-state index in [1.165, 1.54) is 23.1 Å². The van der Waals surface area contributed by atoms with Crippen LogP contribution in [0.25, 0.3) is 11.3 Å². The minimum atomic E-state index is -4.81. The van der Waals surface area contributed by atoms with Crippen molar-refractivity contribution in [3.63, 3.8) is 0 Å². The van der Waals surface area contributed by atoms with Gasteiger partial charge in [-0.15, -0.1) is 13.2 Å². The van der Waals surface area contributed by atoms with Gasteiger partial charge in [0, 0.05) is 31.8 Å². The minimum Gasteiger partial charge on any atom is -0.486 e. The number of aryl methyl sites for hydroxylation is 1. The molecule has 2 atom stereocenters. The van der Waals surface area contributed by atoms with Crippen LogP contribution in [-0.2, 0) is 18.3 Å². The lowest BCUT2D eigenvalue weighted by molar-refractivity contribution is -0.274. The number of hydrogen-bond donors (Lipinski definition) is 1. The third kappa shape index (κ3) is 6.57. The second-order valence-corrected chi connectivity index (χ2v) is 8.67. The van der Waals surface area contributed by atoms with E-state index < -0.39 is 30.3 Å². The molecule has 3 aromatic rings. The van der Waals surface area contributed by atoms with Crippen molar-refractivity contribution in [2.24, 2.45) is 12.8 Å². The van der Waals surface area contributed by atoms with E-state index >= 15 is 4.39 Å². The molecule has 37 heavy (non-hydrogen) atoms. The van der Waals surface area contributed by atoms with Gasteiger partial charge in [-0.25, -0.2) is 9.37 Å². The van der Waals surface area contributed by atoms with Crippen LogP contribution in [0.15, 0.2) is 55.0 Å². The average molecular weight is 520 g/mol. The number of rotatable bonds is 7. The summed E-state index contributed by atoms with van der Waals surface area (Å²) in [6.45, 7) is -0.0200. The predicted molar refractivity (Wildman–Crippen MR) is 124 cm³/mol. The van der Waals surface area contributed by atoms with Crippen LogP contribution in [0.3, 0.4) is 0 Å². The number of nitrogens with two attached hydrogens (primary N) is 1.